The lowest BCUT2D eigenvalue weighted by Crippen LogP contribution is -2.48. The van der Waals surface area contributed by atoms with Gasteiger partial charge in [-0.25, -0.2) is 0 Å². The molecule has 2 atom stereocenters. The monoisotopic (exact) mass is 307 g/mol. The summed E-state index contributed by atoms with van der Waals surface area (Å²) in [6.07, 6.45) is 7.71. The number of amides is 1. The van der Waals surface area contributed by atoms with E-state index in [-0.39, 0.29) is 24.0 Å². The van der Waals surface area contributed by atoms with Gasteiger partial charge in [-0.3, -0.25) is 14.6 Å². The Morgan fingerprint density at radius 1 is 1.23 bits per heavy atom. The third kappa shape index (κ3) is 5.28. The topological polar surface area (TPSA) is 44.8 Å². The van der Waals surface area contributed by atoms with E-state index in [0.29, 0.717) is 6.54 Å². The lowest BCUT2D eigenvalue weighted by atomic mass is 9.96. The average Bonchev–Trinajstić information content (AvgIpc) is 2.47. The molecule has 0 saturated carbocycles. The molecule has 2 rings (SSSR count). The number of ether oxygens (including phenoxy) is 1. The summed E-state index contributed by atoms with van der Waals surface area (Å²) in [5.41, 5.74) is 0. The number of likely N-dealkylation sites (tertiary alicyclic amines) is 1. The highest BCUT2D eigenvalue weighted by Gasteiger charge is 2.25. The van der Waals surface area contributed by atoms with Crippen molar-refractivity contribution < 1.29 is 9.53 Å². The predicted molar refractivity (Wildman–Crippen MR) is 87.5 cm³/mol. The molecule has 5 heteroatoms. The van der Waals surface area contributed by atoms with Gasteiger partial charge in [-0.05, 0) is 39.8 Å². The molecule has 124 valence electrons. The molecular formula is C17H29N3O2. The summed E-state index contributed by atoms with van der Waals surface area (Å²) in [5.74, 6) is 3.02. The predicted octanol–water partition coefficient (Wildman–Crippen LogP) is 0.557. The van der Waals surface area contributed by atoms with Crippen LogP contribution in [0.4, 0.5) is 0 Å². The van der Waals surface area contributed by atoms with Gasteiger partial charge in [0.1, 0.15) is 0 Å². The van der Waals surface area contributed by atoms with Crippen LogP contribution < -0.4 is 5.32 Å². The van der Waals surface area contributed by atoms with Crippen molar-refractivity contribution >= 4 is 5.91 Å². The van der Waals surface area contributed by atoms with E-state index < -0.39 is 0 Å². The maximum absolute atomic E-state index is 12.2. The standard InChI is InChI=1S/C17H29N3O2/c1-4-8-19-9-5-16(6-10-19)17(21)18-7-11-20-12-14(2)22-15(3)13-20/h1,14-16H,5-13H2,2-3H3,(H,18,21)/t14-,15-/m0/s1. The van der Waals surface area contributed by atoms with Crippen molar-refractivity contribution in [2.45, 2.75) is 38.9 Å². The number of nitrogens with zero attached hydrogens (tertiary/aromatic N) is 2. The van der Waals surface area contributed by atoms with Crippen LogP contribution in [0.2, 0.25) is 0 Å². The van der Waals surface area contributed by atoms with Gasteiger partial charge in [0.2, 0.25) is 5.91 Å². The highest BCUT2D eigenvalue weighted by molar-refractivity contribution is 5.78. The minimum Gasteiger partial charge on any atom is -0.373 e. The number of hydrogen-bond acceptors (Lipinski definition) is 4. The van der Waals surface area contributed by atoms with Crippen LogP contribution in [0, 0.1) is 18.3 Å². The number of hydrogen-bond donors (Lipinski definition) is 1. The zero-order valence-corrected chi connectivity index (χ0v) is 13.9. The Morgan fingerprint density at radius 2 is 1.86 bits per heavy atom. The number of morpholine rings is 1. The second-order valence-corrected chi connectivity index (χ2v) is 6.56. The van der Waals surface area contributed by atoms with Crippen molar-refractivity contribution in [3.05, 3.63) is 0 Å². The largest absolute Gasteiger partial charge is 0.373 e. The van der Waals surface area contributed by atoms with E-state index in [2.05, 4.69) is 34.9 Å². The lowest BCUT2D eigenvalue weighted by Gasteiger charge is -2.35. The number of carbonyl (C=O) groups excluding carboxylic acids is 1. The molecule has 0 unspecified atom stereocenters. The molecule has 0 aliphatic carbocycles. The van der Waals surface area contributed by atoms with Crippen LogP contribution in [0.1, 0.15) is 26.7 Å². The van der Waals surface area contributed by atoms with Crippen LogP contribution in [-0.4, -0.2) is 73.7 Å². The highest BCUT2D eigenvalue weighted by atomic mass is 16.5. The molecular weight excluding hydrogens is 278 g/mol. The molecule has 2 saturated heterocycles. The molecule has 1 N–H and O–H groups in total. The minimum absolute atomic E-state index is 0.150. The van der Waals surface area contributed by atoms with Gasteiger partial charge in [0.15, 0.2) is 0 Å². The Morgan fingerprint density at radius 3 is 2.45 bits per heavy atom. The van der Waals surface area contributed by atoms with Crippen molar-refractivity contribution in [2.24, 2.45) is 5.92 Å². The first-order valence-electron chi connectivity index (χ1n) is 8.40. The summed E-state index contributed by atoms with van der Waals surface area (Å²) in [4.78, 5) is 16.8. The van der Waals surface area contributed by atoms with Crippen LogP contribution in [-0.2, 0) is 9.53 Å². The second-order valence-electron chi connectivity index (χ2n) is 6.56. The van der Waals surface area contributed by atoms with E-state index in [1.54, 1.807) is 0 Å². The first-order valence-corrected chi connectivity index (χ1v) is 8.40. The molecule has 0 radical (unpaired) electrons. The molecule has 0 spiro atoms. The number of nitrogens with one attached hydrogen (secondary N) is 1. The van der Waals surface area contributed by atoms with E-state index in [1.807, 2.05) is 0 Å². The molecule has 2 aliphatic heterocycles. The lowest BCUT2D eigenvalue weighted by molar-refractivity contribution is -0.126. The molecule has 0 aromatic carbocycles. The third-order valence-electron chi connectivity index (χ3n) is 4.50. The maximum Gasteiger partial charge on any atom is 0.223 e. The Labute approximate surface area is 134 Å². The van der Waals surface area contributed by atoms with Crippen molar-refractivity contribution in [3.63, 3.8) is 0 Å². The zero-order valence-electron chi connectivity index (χ0n) is 13.9. The third-order valence-corrected chi connectivity index (χ3v) is 4.50. The van der Waals surface area contributed by atoms with E-state index in [0.717, 1.165) is 52.1 Å². The first kappa shape index (κ1) is 17.3. The van der Waals surface area contributed by atoms with Crippen LogP contribution in [0.3, 0.4) is 0 Å². The Bertz CT molecular complexity index is 389. The summed E-state index contributed by atoms with van der Waals surface area (Å²) < 4.78 is 5.72. The number of piperidine rings is 1. The second kappa shape index (κ2) is 8.52. The molecule has 1 amide bonds. The van der Waals surface area contributed by atoms with Crippen molar-refractivity contribution in [3.8, 4) is 12.3 Å². The van der Waals surface area contributed by atoms with E-state index in [1.165, 1.54) is 0 Å². The van der Waals surface area contributed by atoms with E-state index in [4.69, 9.17) is 11.2 Å². The van der Waals surface area contributed by atoms with E-state index in [9.17, 15) is 4.79 Å². The van der Waals surface area contributed by atoms with Gasteiger partial charge in [-0.15, -0.1) is 6.42 Å². The SMILES string of the molecule is C#CCN1CCC(C(=O)NCCN2C[C@H](C)O[C@@H](C)C2)CC1. The van der Waals surface area contributed by atoms with Crippen LogP contribution >= 0.6 is 0 Å². The van der Waals surface area contributed by atoms with Crippen molar-refractivity contribution in [1.82, 2.24) is 15.1 Å². The first-order chi connectivity index (χ1) is 10.6. The van der Waals surface area contributed by atoms with Crippen LogP contribution in [0.25, 0.3) is 0 Å². The fourth-order valence-corrected chi connectivity index (χ4v) is 3.43. The van der Waals surface area contributed by atoms with Crippen molar-refractivity contribution in [1.29, 1.82) is 0 Å². The van der Waals surface area contributed by atoms with Gasteiger partial charge in [0.05, 0.1) is 18.8 Å². The Hall–Kier alpha value is -1.09. The quantitative estimate of drug-likeness (QED) is 0.754. The molecule has 5 nitrogen and oxygen atoms in total. The molecule has 2 fully saturated rings. The Balaban J connectivity index is 1.63. The average molecular weight is 307 g/mol. The Kier molecular flexibility index (Phi) is 6.69. The molecule has 0 aromatic heterocycles. The minimum atomic E-state index is 0.150. The van der Waals surface area contributed by atoms with E-state index >= 15 is 0 Å². The van der Waals surface area contributed by atoms with Crippen LogP contribution in [0.15, 0.2) is 0 Å². The van der Waals surface area contributed by atoms with Gasteiger partial charge < -0.3 is 10.1 Å². The highest BCUT2D eigenvalue weighted by Crippen LogP contribution is 2.17. The molecule has 2 aliphatic rings. The van der Waals surface area contributed by atoms with Gasteiger partial charge in [0, 0.05) is 32.1 Å². The smallest absolute Gasteiger partial charge is 0.223 e. The molecule has 0 bridgehead atoms. The van der Waals surface area contributed by atoms with Gasteiger partial charge in [-0.1, -0.05) is 5.92 Å². The van der Waals surface area contributed by atoms with Gasteiger partial charge in [0.25, 0.3) is 0 Å². The summed E-state index contributed by atoms with van der Waals surface area (Å²) in [6.45, 7) is 10.3. The molecule has 0 aromatic rings. The summed E-state index contributed by atoms with van der Waals surface area (Å²) in [5, 5.41) is 3.10. The van der Waals surface area contributed by atoms with Crippen molar-refractivity contribution in [2.75, 3.05) is 45.8 Å². The molecule has 22 heavy (non-hydrogen) atoms. The zero-order chi connectivity index (χ0) is 15.9. The normalized spacial score (nSPS) is 28.2. The van der Waals surface area contributed by atoms with Crippen LogP contribution in [0.5, 0.6) is 0 Å². The van der Waals surface area contributed by atoms with Gasteiger partial charge >= 0.3 is 0 Å². The number of carbonyl (C=O) groups is 1. The van der Waals surface area contributed by atoms with Gasteiger partial charge in [-0.2, -0.15) is 0 Å². The summed E-state index contributed by atoms with van der Waals surface area (Å²) >= 11 is 0. The number of rotatable bonds is 5. The fourth-order valence-electron chi connectivity index (χ4n) is 3.43. The summed E-state index contributed by atoms with van der Waals surface area (Å²) in [6, 6.07) is 0. The summed E-state index contributed by atoms with van der Waals surface area (Å²) in [7, 11) is 0. The number of terminal acetylenes is 1. The molecule has 2 heterocycles. The maximum atomic E-state index is 12.2. The fraction of sp³-hybridized carbons (Fsp3) is 0.824.